The molecular weight excluding hydrogens is 394 g/mol. The van der Waals surface area contributed by atoms with Gasteiger partial charge in [-0.2, -0.15) is 0 Å². The highest BCUT2D eigenvalue weighted by molar-refractivity contribution is 7.14. The van der Waals surface area contributed by atoms with E-state index in [4.69, 9.17) is 21.3 Å². The second kappa shape index (κ2) is 7.30. The lowest BCUT2D eigenvalue weighted by atomic mass is 10.1. The van der Waals surface area contributed by atoms with Crippen LogP contribution in [0.1, 0.15) is 17.4 Å². The Morgan fingerprint density at radius 3 is 2.64 bits per heavy atom. The number of carbonyl (C=O) groups is 1. The fraction of sp³-hybridized carbons (Fsp3) is 0.143. The number of ether oxygens (including phenoxy) is 1. The predicted molar refractivity (Wildman–Crippen MR) is 115 cm³/mol. The smallest absolute Gasteiger partial charge is 0.228 e. The lowest BCUT2D eigenvalue weighted by Crippen LogP contribution is -2.07. The number of rotatable bonds is 4. The minimum absolute atomic E-state index is 0.0390. The van der Waals surface area contributed by atoms with Crippen molar-refractivity contribution >= 4 is 50.6 Å². The third-order valence-electron chi connectivity index (χ3n) is 4.58. The molecule has 0 aliphatic carbocycles. The molecule has 4 aromatic rings. The van der Waals surface area contributed by atoms with E-state index in [-0.39, 0.29) is 5.91 Å². The summed E-state index contributed by atoms with van der Waals surface area (Å²) in [5.41, 5.74) is 4.35. The van der Waals surface area contributed by atoms with Gasteiger partial charge in [0.05, 0.1) is 18.3 Å². The first-order valence-electron chi connectivity index (χ1n) is 8.66. The second-order valence-electron chi connectivity index (χ2n) is 6.37. The number of carbonyl (C=O) groups excluding carboxylic acids is 1. The Balaban J connectivity index is 1.75. The van der Waals surface area contributed by atoms with Gasteiger partial charge in [-0.05, 0) is 49.4 Å². The summed E-state index contributed by atoms with van der Waals surface area (Å²) in [5, 5.41) is 7.60. The van der Waals surface area contributed by atoms with Crippen LogP contribution in [0, 0.1) is 6.92 Å². The molecule has 0 saturated heterocycles. The second-order valence-corrected chi connectivity index (χ2v) is 7.66. The molecule has 0 fully saturated rings. The summed E-state index contributed by atoms with van der Waals surface area (Å²) >= 11 is 7.73. The highest BCUT2D eigenvalue weighted by atomic mass is 35.5. The van der Waals surface area contributed by atoms with Crippen molar-refractivity contribution in [3.8, 4) is 17.0 Å². The quantitative estimate of drug-likeness (QED) is 0.438. The zero-order valence-electron chi connectivity index (χ0n) is 15.6. The number of nitrogens with one attached hydrogen (secondary N) is 1. The predicted octanol–water partition coefficient (Wildman–Crippen LogP) is 6.14. The molecule has 0 amide bonds. The Morgan fingerprint density at radius 1 is 1.21 bits per heavy atom. The molecule has 7 heteroatoms. The molecule has 2 aromatic carbocycles. The molecule has 0 spiro atoms. The molecule has 1 N–H and O–H groups in total. The highest BCUT2D eigenvalue weighted by Crippen LogP contribution is 2.37. The molecule has 2 heterocycles. The number of methoxy groups -OCH3 is 1. The van der Waals surface area contributed by atoms with Gasteiger partial charge in [0.25, 0.3) is 0 Å². The van der Waals surface area contributed by atoms with Gasteiger partial charge in [0.15, 0.2) is 5.13 Å². The third-order valence-corrected chi connectivity index (χ3v) is 5.58. The summed E-state index contributed by atoms with van der Waals surface area (Å²) < 4.78 is 6.89. The molecule has 5 nitrogen and oxygen atoms in total. The standard InChI is InChI=1S/C21H18ClN3O2S/c1-12-20(17-10-14(22)4-9-19(17)25(12)13(2)26)18-11-28-21(24-18)23-15-5-7-16(27-3)8-6-15/h4-11H,1-3H3,(H,23,24). The fourth-order valence-electron chi connectivity index (χ4n) is 3.36. The molecule has 0 aliphatic heterocycles. The monoisotopic (exact) mass is 411 g/mol. The molecule has 142 valence electrons. The maximum atomic E-state index is 12.2. The van der Waals surface area contributed by atoms with E-state index in [1.165, 1.54) is 11.3 Å². The number of thiazole rings is 1. The number of fused-ring (bicyclic) bond motifs is 1. The summed E-state index contributed by atoms with van der Waals surface area (Å²) in [7, 11) is 1.64. The average molecular weight is 412 g/mol. The first-order chi connectivity index (χ1) is 13.5. The first-order valence-corrected chi connectivity index (χ1v) is 9.92. The van der Waals surface area contributed by atoms with E-state index in [9.17, 15) is 4.79 Å². The van der Waals surface area contributed by atoms with Crippen molar-refractivity contribution in [1.29, 1.82) is 0 Å². The number of benzene rings is 2. The Morgan fingerprint density at radius 2 is 1.96 bits per heavy atom. The molecular formula is C21H18ClN3O2S. The van der Waals surface area contributed by atoms with Crippen LogP contribution in [-0.4, -0.2) is 22.6 Å². The van der Waals surface area contributed by atoms with E-state index < -0.39 is 0 Å². The third kappa shape index (κ3) is 3.25. The van der Waals surface area contributed by atoms with Crippen LogP contribution in [0.3, 0.4) is 0 Å². The summed E-state index contributed by atoms with van der Waals surface area (Å²) in [4.78, 5) is 16.9. The van der Waals surface area contributed by atoms with Crippen LogP contribution in [0.5, 0.6) is 5.75 Å². The Bertz CT molecular complexity index is 1180. The van der Waals surface area contributed by atoms with Gasteiger partial charge in [0, 0.05) is 39.7 Å². The fourth-order valence-corrected chi connectivity index (χ4v) is 4.26. The molecule has 0 saturated carbocycles. The zero-order valence-corrected chi connectivity index (χ0v) is 17.2. The van der Waals surface area contributed by atoms with Crippen LogP contribution in [0.25, 0.3) is 22.2 Å². The number of hydrogen-bond donors (Lipinski definition) is 1. The van der Waals surface area contributed by atoms with E-state index in [0.717, 1.165) is 44.4 Å². The van der Waals surface area contributed by atoms with Crippen molar-refractivity contribution in [2.45, 2.75) is 13.8 Å². The van der Waals surface area contributed by atoms with Crippen molar-refractivity contribution in [2.24, 2.45) is 0 Å². The lowest BCUT2D eigenvalue weighted by Gasteiger charge is -2.04. The van der Waals surface area contributed by atoms with E-state index >= 15 is 0 Å². The van der Waals surface area contributed by atoms with Crippen LogP contribution in [-0.2, 0) is 0 Å². The van der Waals surface area contributed by atoms with Crippen molar-refractivity contribution in [3.05, 3.63) is 58.6 Å². The molecule has 0 aliphatic rings. The summed E-state index contributed by atoms with van der Waals surface area (Å²) in [5.74, 6) is 0.762. The Hall–Kier alpha value is -2.83. The number of halogens is 1. The van der Waals surface area contributed by atoms with Crippen molar-refractivity contribution in [3.63, 3.8) is 0 Å². The number of anilines is 2. The van der Waals surface area contributed by atoms with Crippen LogP contribution in [0.2, 0.25) is 5.02 Å². The Kier molecular flexibility index (Phi) is 4.83. The highest BCUT2D eigenvalue weighted by Gasteiger charge is 2.20. The minimum Gasteiger partial charge on any atom is -0.497 e. The van der Waals surface area contributed by atoms with E-state index in [1.54, 1.807) is 24.7 Å². The summed E-state index contributed by atoms with van der Waals surface area (Å²) in [6.07, 6.45) is 0. The number of nitrogens with zero attached hydrogens (tertiary/aromatic N) is 2. The van der Waals surface area contributed by atoms with Crippen LogP contribution in [0.15, 0.2) is 47.8 Å². The maximum absolute atomic E-state index is 12.2. The van der Waals surface area contributed by atoms with Crippen molar-refractivity contribution in [1.82, 2.24) is 9.55 Å². The van der Waals surface area contributed by atoms with Gasteiger partial charge in [-0.15, -0.1) is 11.3 Å². The van der Waals surface area contributed by atoms with Gasteiger partial charge in [-0.25, -0.2) is 4.98 Å². The molecule has 2 aromatic heterocycles. The SMILES string of the molecule is COc1ccc(Nc2nc(-c3c(C)n(C(C)=O)c4ccc(Cl)cc34)cs2)cc1. The van der Waals surface area contributed by atoms with Gasteiger partial charge in [-0.3, -0.25) is 9.36 Å². The Labute approximate surface area is 171 Å². The van der Waals surface area contributed by atoms with Crippen LogP contribution < -0.4 is 10.1 Å². The summed E-state index contributed by atoms with van der Waals surface area (Å²) in [6, 6.07) is 13.2. The van der Waals surface area contributed by atoms with E-state index in [2.05, 4.69) is 5.32 Å². The number of hydrogen-bond acceptors (Lipinski definition) is 5. The van der Waals surface area contributed by atoms with E-state index in [0.29, 0.717) is 5.02 Å². The van der Waals surface area contributed by atoms with Crippen molar-refractivity contribution in [2.75, 3.05) is 12.4 Å². The molecule has 0 unspecified atom stereocenters. The molecule has 28 heavy (non-hydrogen) atoms. The van der Waals surface area contributed by atoms with E-state index in [1.807, 2.05) is 48.7 Å². The van der Waals surface area contributed by atoms with Crippen LogP contribution in [0.4, 0.5) is 10.8 Å². The van der Waals surface area contributed by atoms with Gasteiger partial charge >= 0.3 is 0 Å². The van der Waals surface area contributed by atoms with Crippen molar-refractivity contribution < 1.29 is 9.53 Å². The molecule has 4 rings (SSSR count). The zero-order chi connectivity index (χ0) is 19.8. The molecule has 0 atom stereocenters. The maximum Gasteiger partial charge on any atom is 0.228 e. The summed E-state index contributed by atoms with van der Waals surface area (Å²) in [6.45, 7) is 3.49. The normalized spacial score (nSPS) is 11.0. The van der Waals surface area contributed by atoms with Gasteiger partial charge in [0.2, 0.25) is 5.91 Å². The average Bonchev–Trinajstić information content (AvgIpc) is 3.23. The van der Waals surface area contributed by atoms with Gasteiger partial charge < -0.3 is 10.1 Å². The lowest BCUT2D eigenvalue weighted by molar-refractivity contribution is 0.0940. The molecule has 0 bridgehead atoms. The van der Waals surface area contributed by atoms with Gasteiger partial charge in [-0.1, -0.05) is 11.6 Å². The topological polar surface area (TPSA) is 56.1 Å². The number of aromatic nitrogens is 2. The first kappa shape index (κ1) is 18.5. The minimum atomic E-state index is -0.0390. The van der Waals surface area contributed by atoms with Gasteiger partial charge in [0.1, 0.15) is 5.75 Å². The largest absolute Gasteiger partial charge is 0.497 e. The van der Waals surface area contributed by atoms with Crippen LogP contribution >= 0.6 is 22.9 Å². The molecule has 0 radical (unpaired) electrons.